The van der Waals surface area contributed by atoms with Crippen LogP contribution in [0.1, 0.15) is 40.7 Å². The summed E-state index contributed by atoms with van der Waals surface area (Å²) in [4.78, 5) is 29.1. The Morgan fingerprint density at radius 3 is 2.26 bits per heavy atom. The minimum Gasteiger partial charge on any atom is -0.435 e. The molecule has 0 N–H and O–H groups in total. The van der Waals surface area contributed by atoms with Crippen molar-refractivity contribution in [1.82, 2.24) is 4.90 Å². The highest BCUT2D eigenvalue weighted by atomic mass is 19.4. The molecule has 1 saturated heterocycles. The monoisotopic (exact) mass is 482 g/mol. The summed E-state index contributed by atoms with van der Waals surface area (Å²) in [7, 11) is 0. The van der Waals surface area contributed by atoms with Crippen molar-refractivity contribution in [1.29, 1.82) is 0 Å². The molecule has 34 heavy (non-hydrogen) atoms. The molecule has 2 heterocycles. The molecule has 0 bridgehead atoms. The third-order valence-electron chi connectivity index (χ3n) is 6.25. The summed E-state index contributed by atoms with van der Waals surface area (Å²) < 4.78 is 67.7. The van der Waals surface area contributed by atoms with Crippen molar-refractivity contribution in [2.24, 2.45) is 5.92 Å². The molecule has 2 amide bonds. The van der Waals surface area contributed by atoms with Gasteiger partial charge < -0.3 is 14.5 Å². The summed E-state index contributed by atoms with van der Waals surface area (Å²) in [5.74, 6) is -0.697. The first-order valence-corrected chi connectivity index (χ1v) is 11.0. The summed E-state index contributed by atoms with van der Waals surface area (Å²) in [6.45, 7) is -1.77. The van der Waals surface area contributed by atoms with Gasteiger partial charge in [0.2, 0.25) is 5.91 Å². The lowest BCUT2D eigenvalue weighted by Crippen LogP contribution is -2.45. The molecule has 1 fully saturated rings. The van der Waals surface area contributed by atoms with Crippen LogP contribution in [-0.4, -0.2) is 43.0 Å². The molecule has 0 unspecified atom stereocenters. The third-order valence-corrected chi connectivity index (χ3v) is 6.25. The number of piperidine rings is 1. The highest BCUT2D eigenvalue weighted by Crippen LogP contribution is 2.34. The Morgan fingerprint density at radius 1 is 0.971 bits per heavy atom. The fourth-order valence-corrected chi connectivity index (χ4v) is 4.51. The van der Waals surface area contributed by atoms with E-state index in [1.807, 2.05) is 0 Å². The molecule has 182 valence electrons. The maximum atomic E-state index is 13.2. The summed E-state index contributed by atoms with van der Waals surface area (Å²) in [6, 6.07) is 8.67. The number of hydrogen-bond acceptors (Lipinski definition) is 3. The molecule has 4 rings (SSSR count). The molecule has 10 heteroatoms. The smallest absolute Gasteiger partial charge is 0.416 e. The Hall–Kier alpha value is -3.17. The number of likely N-dealkylation sites (tertiary alicyclic amines) is 1. The first kappa shape index (κ1) is 24.0. The van der Waals surface area contributed by atoms with E-state index >= 15 is 0 Å². The number of anilines is 1. The number of ether oxygens (including phenoxy) is 1. The molecular formula is C24H23F5N2O3. The van der Waals surface area contributed by atoms with E-state index in [9.17, 15) is 31.5 Å². The molecule has 2 aliphatic rings. The number of carbonyl (C=O) groups excluding carboxylic acids is 2. The van der Waals surface area contributed by atoms with Gasteiger partial charge in [0.1, 0.15) is 5.75 Å². The number of carbonyl (C=O) groups is 2. The molecule has 0 atom stereocenters. The van der Waals surface area contributed by atoms with Crippen molar-refractivity contribution in [3.8, 4) is 5.75 Å². The van der Waals surface area contributed by atoms with Gasteiger partial charge in [0, 0.05) is 36.8 Å². The zero-order chi connectivity index (χ0) is 24.5. The Bertz CT molecular complexity index is 1050. The number of alkyl halides is 5. The highest BCUT2D eigenvalue weighted by molar-refractivity contribution is 5.97. The maximum Gasteiger partial charge on any atom is 0.416 e. The minimum absolute atomic E-state index is 0.0538. The lowest BCUT2D eigenvalue weighted by molar-refractivity contribution is -0.137. The van der Waals surface area contributed by atoms with Crippen LogP contribution in [0.3, 0.4) is 0 Å². The molecule has 2 aromatic rings. The van der Waals surface area contributed by atoms with Crippen LogP contribution in [0.15, 0.2) is 42.5 Å². The molecule has 0 spiro atoms. The number of fused-ring (bicyclic) bond motifs is 1. The van der Waals surface area contributed by atoms with Gasteiger partial charge in [-0.3, -0.25) is 9.59 Å². The highest BCUT2D eigenvalue weighted by Gasteiger charge is 2.34. The predicted molar refractivity (Wildman–Crippen MR) is 114 cm³/mol. The SMILES string of the molecule is O=C(c1ccc(C(F)(F)F)cc1)N1CCC(C(=O)N2CCCc3cc(OC(F)F)ccc32)CC1. The van der Waals surface area contributed by atoms with Crippen molar-refractivity contribution in [2.45, 2.75) is 38.5 Å². The lowest BCUT2D eigenvalue weighted by atomic mass is 9.92. The average molecular weight is 482 g/mol. The number of rotatable bonds is 4. The molecule has 5 nitrogen and oxygen atoms in total. The van der Waals surface area contributed by atoms with Crippen LogP contribution in [-0.2, 0) is 17.4 Å². The maximum absolute atomic E-state index is 13.2. The molecule has 0 aromatic heterocycles. The number of amides is 2. The second-order valence-electron chi connectivity index (χ2n) is 8.40. The van der Waals surface area contributed by atoms with Gasteiger partial charge in [-0.05, 0) is 73.7 Å². The van der Waals surface area contributed by atoms with Crippen molar-refractivity contribution in [3.05, 3.63) is 59.2 Å². The molecular weight excluding hydrogens is 459 g/mol. The van der Waals surface area contributed by atoms with E-state index in [2.05, 4.69) is 4.74 Å². The van der Waals surface area contributed by atoms with Crippen LogP contribution in [0.5, 0.6) is 5.75 Å². The Kier molecular flexibility index (Phi) is 6.77. The van der Waals surface area contributed by atoms with Crippen LogP contribution in [0.25, 0.3) is 0 Å². The van der Waals surface area contributed by atoms with Gasteiger partial charge in [-0.1, -0.05) is 0 Å². The van der Waals surface area contributed by atoms with Gasteiger partial charge in [-0.15, -0.1) is 0 Å². The minimum atomic E-state index is -4.47. The molecule has 0 radical (unpaired) electrons. The quantitative estimate of drug-likeness (QED) is 0.568. The number of halogens is 5. The summed E-state index contributed by atoms with van der Waals surface area (Å²) >= 11 is 0. The molecule has 2 aromatic carbocycles. The zero-order valence-corrected chi connectivity index (χ0v) is 18.2. The number of aryl methyl sites for hydroxylation is 1. The average Bonchev–Trinajstić information content (AvgIpc) is 2.82. The van der Waals surface area contributed by atoms with Crippen molar-refractivity contribution in [3.63, 3.8) is 0 Å². The van der Waals surface area contributed by atoms with Crippen LogP contribution < -0.4 is 9.64 Å². The van der Waals surface area contributed by atoms with E-state index in [1.165, 1.54) is 24.3 Å². The van der Waals surface area contributed by atoms with Gasteiger partial charge in [0.15, 0.2) is 0 Å². The lowest BCUT2D eigenvalue weighted by Gasteiger charge is -2.36. The van der Waals surface area contributed by atoms with E-state index in [0.29, 0.717) is 51.0 Å². The number of nitrogens with zero attached hydrogens (tertiary/aromatic N) is 2. The standard InChI is InChI=1S/C24H23F5N2O3/c25-23(26)34-19-7-8-20-17(14-19)2-1-11-31(20)22(33)16-9-12-30(13-10-16)21(32)15-3-5-18(6-4-15)24(27,28)29/h3-8,14,16,23H,1-2,9-13H2. The van der Waals surface area contributed by atoms with Crippen molar-refractivity contribution < 1.29 is 36.3 Å². The van der Waals surface area contributed by atoms with Gasteiger partial charge in [0.05, 0.1) is 5.56 Å². The molecule has 2 aliphatic heterocycles. The van der Waals surface area contributed by atoms with Gasteiger partial charge in [0.25, 0.3) is 5.91 Å². The fraction of sp³-hybridized carbons (Fsp3) is 0.417. The Labute approximate surface area is 193 Å². The van der Waals surface area contributed by atoms with E-state index in [1.54, 1.807) is 15.9 Å². The van der Waals surface area contributed by atoms with E-state index < -0.39 is 18.4 Å². The van der Waals surface area contributed by atoms with Crippen molar-refractivity contribution in [2.75, 3.05) is 24.5 Å². The summed E-state index contributed by atoms with van der Waals surface area (Å²) in [5.41, 5.74) is 0.807. The third kappa shape index (κ3) is 5.15. The molecule has 0 aliphatic carbocycles. The van der Waals surface area contributed by atoms with Gasteiger partial charge in [-0.2, -0.15) is 22.0 Å². The fourth-order valence-electron chi connectivity index (χ4n) is 4.51. The predicted octanol–water partition coefficient (Wildman–Crippen LogP) is 5.14. The summed E-state index contributed by atoms with van der Waals surface area (Å²) in [5, 5.41) is 0. The number of hydrogen-bond donors (Lipinski definition) is 0. The Balaban J connectivity index is 1.38. The normalized spacial score (nSPS) is 17.0. The van der Waals surface area contributed by atoms with Crippen LogP contribution in [0.2, 0.25) is 0 Å². The van der Waals surface area contributed by atoms with Gasteiger partial charge >= 0.3 is 12.8 Å². The van der Waals surface area contributed by atoms with Gasteiger partial charge in [-0.25, -0.2) is 0 Å². The first-order valence-electron chi connectivity index (χ1n) is 11.0. The number of benzene rings is 2. The summed E-state index contributed by atoms with van der Waals surface area (Å²) in [6.07, 6.45) is -2.25. The van der Waals surface area contributed by atoms with E-state index in [-0.39, 0.29) is 29.0 Å². The first-order chi connectivity index (χ1) is 16.1. The second-order valence-corrected chi connectivity index (χ2v) is 8.40. The van der Waals surface area contributed by atoms with Crippen LogP contribution >= 0.6 is 0 Å². The zero-order valence-electron chi connectivity index (χ0n) is 18.2. The van der Waals surface area contributed by atoms with Crippen LogP contribution in [0, 0.1) is 5.92 Å². The topological polar surface area (TPSA) is 49.9 Å². The van der Waals surface area contributed by atoms with Crippen molar-refractivity contribution >= 4 is 17.5 Å². The van der Waals surface area contributed by atoms with E-state index in [4.69, 9.17) is 0 Å². The molecule has 0 saturated carbocycles. The Morgan fingerprint density at radius 2 is 1.65 bits per heavy atom. The van der Waals surface area contributed by atoms with Crippen LogP contribution in [0.4, 0.5) is 27.6 Å². The second kappa shape index (κ2) is 9.60. The largest absolute Gasteiger partial charge is 0.435 e. The van der Waals surface area contributed by atoms with E-state index in [0.717, 1.165) is 17.7 Å².